The van der Waals surface area contributed by atoms with E-state index < -0.39 is 10.9 Å². The molecule has 0 saturated carbocycles. The summed E-state index contributed by atoms with van der Waals surface area (Å²) in [6, 6.07) is 9.07. The molecular formula is C12H12BrNO3. The predicted molar refractivity (Wildman–Crippen MR) is 65.8 cm³/mol. The normalized spacial score (nSPS) is 21.2. The van der Waals surface area contributed by atoms with Crippen LogP contribution in [0.15, 0.2) is 30.3 Å². The molecule has 0 aliphatic carbocycles. The lowest BCUT2D eigenvalue weighted by Crippen LogP contribution is -2.38. The summed E-state index contributed by atoms with van der Waals surface area (Å²) >= 11 is 3.18. The molecule has 1 aliphatic heterocycles. The zero-order valence-corrected chi connectivity index (χ0v) is 10.9. The van der Waals surface area contributed by atoms with Crippen molar-refractivity contribution in [3.63, 3.8) is 0 Å². The number of halogens is 1. The quantitative estimate of drug-likeness (QED) is 0.788. The van der Waals surface area contributed by atoms with Gasteiger partial charge in [-0.3, -0.25) is 4.79 Å². The van der Waals surface area contributed by atoms with Crippen LogP contribution in [0.3, 0.4) is 0 Å². The first-order valence-corrected chi connectivity index (χ1v) is 6.21. The molecule has 1 fully saturated rings. The van der Waals surface area contributed by atoms with E-state index in [1.807, 2.05) is 30.3 Å². The van der Waals surface area contributed by atoms with Gasteiger partial charge in [0.25, 0.3) is 0 Å². The maximum Gasteiger partial charge on any atom is 0.417 e. The number of amides is 2. The van der Waals surface area contributed by atoms with Crippen LogP contribution in [0.25, 0.3) is 0 Å². The molecule has 1 aromatic carbocycles. The summed E-state index contributed by atoms with van der Waals surface area (Å²) < 4.78 is 4.95. The number of hydrogen-bond donors (Lipinski definition) is 0. The Kier molecular flexibility index (Phi) is 3.47. The van der Waals surface area contributed by atoms with E-state index >= 15 is 0 Å². The average Bonchev–Trinajstić information content (AvgIpc) is 2.71. The monoisotopic (exact) mass is 297 g/mol. The largest absolute Gasteiger partial charge is 0.446 e. The molecule has 0 radical (unpaired) electrons. The average molecular weight is 298 g/mol. The second-order valence-corrected chi connectivity index (χ2v) is 5.20. The first-order valence-electron chi connectivity index (χ1n) is 5.30. The van der Waals surface area contributed by atoms with Gasteiger partial charge in [-0.05, 0) is 12.5 Å². The van der Waals surface area contributed by atoms with E-state index in [4.69, 9.17) is 4.74 Å². The molecule has 0 bridgehead atoms. The van der Waals surface area contributed by atoms with E-state index in [9.17, 15) is 9.59 Å². The van der Waals surface area contributed by atoms with Crippen molar-refractivity contribution in [2.24, 2.45) is 0 Å². The van der Waals surface area contributed by atoms with Crippen molar-refractivity contribution >= 4 is 27.9 Å². The van der Waals surface area contributed by atoms with Gasteiger partial charge >= 0.3 is 6.09 Å². The highest BCUT2D eigenvalue weighted by Gasteiger charge is 2.39. The van der Waals surface area contributed by atoms with E-state index in [2.05, 4.69) is 15.9 Å². The minimum atomic E-state index is -0.574. The fraction of sp³-hybridized carbons (Fsp3) is 0.333. The number of ether oxygens (including phenoxy) is 1. The van der Waals surface area contributed by atoms with Crippen LogP contribution < -0.4 is 0 Å². The van der Waals surface area contributed by atoms with Gasteiger partial charge in [-0.1, -0.05) is 46.3 Å². The molecule has 2 rings (SSSR count). The molecule has 0 spiro atoms. The van der Waals surface area contributed by atoms with Gasteiger partial charge in [0.2, 0.25) is 5.91 Å². The number of carbonyl (C=O) groups is 2. The number of cyclic esters (lactones) is 1. The Morgan fingerprint density at radius 1 is 1.47 bits per heavy atom. The predicted octanol–water partition coefficient (Wildman–Crippen LogP) is 2.49. The van der Waals surface area contributed by atoms with Crippen LogP contribution in [0.2, 0.25) is 0 Å². The molecule has 2 atom stereocenters. The maximum absolute atomic E-state index is 11.9. The van der Waals surface area contributed by atoms with Gasteiger partial charge in [-0.2, -0.15) is 0 Å². The lowest BCUT2D eigenvalue weighted by molar-refractivity contribution is -0.128. The Morgan fingerprint density at radius 3 is 2.71 bits per heavy atom. The van der Waals surface area contributed by atoms with Crippen molar-refractivity contribution in [2.45, 2.75) is 17.8 Å². The molecule has 1 aliphatic rings. The van der Waals surface area contributed by atoms with Crippen LogP contribution >= 0.6 is 15.9 Å². The summed E-state index contributed by atoms with van der Waals surface area (Å²) in [6.07, 6.45) is -0.574. The van der Waals surface area contributed by atoms with Crippen molar-refractivity contribution in [1.82, 2.24) is 4.90 Å². The third-order valence-electron chi connectivity index (χ3n) is 2.64. The fourth-order valence-electron chi connectivity index (χ4n) is 1.78. The number of imide groups is 1. The number of benzene rings is 1. The van der Waals surface area contributed by atoms with E-state index in [0.717, 1.165) is 5.56 Å². The number of nitrogens with zero attached hydrogens (tertiary/aromatic N) is 1. The first-order chi connectivity index (χ1) is 8.11. The van der Waals surface area contributed by atoms with E-state index in [-0.39, 0.29) is 18.6 Å². The minimum absolute atomic E-state index is 0.217. The topological polar surface area (TPSA) is 46.6 Å². The molecule has 1 aromatic rings. The lowest BCUT2D eigenvalue weighted by Gasteiger charge is -2.20. The smallest absolute Gasteiger partial charge is 0.417 e. The second-order valence-electron chi connectivity index (χ2n) is 3.83. The number of carbonyl (C=O) groups excluding carboxylic acids is 2. The molecule has 4 nitrogen and oxygen atoms in total. The summed E-state index contributed by atoms with van der Waals surface area (Å²) in [4.78, 5) is 24.3. The van der Waals surface area contributed by atoms with Crippen LogP contribution in [-0.4, -0.2) is 28.3 Å². The Hall–Kier alpha value is -1.36. The van der Waals surface area contributed by atoms with Gasteiger partial charge < -0.3 is 4.74 Å². The highest BCUT2D eigenvalue weighted by molar-refractivity contribution is 9.10. The Balaban J connectivity index is 2.29. The van der Waals surface area contributed by atoms with Crippen molar-refractivity contribution < 1.29 is 14.3 Å². The van der Waals surface area contributed by atoms with Crippen molar-refractivity contribution in [3.8, 4) is 0 Å². The summed E-state index contributed by atoms with van der Waals surface area (Å²) in [5.41, 5.74) is 0.903. The zero-order chi connectivity index (χ0) is 12.4. The summed E-state index contributed by atoms with van der Waals surface area (Å²) in [5.74, 6) is -0.277. The van der Waals surface area contributed by atoms with Crippen LogP contribution in [0.5, 0.6) is 0 Å². The molecule has 0 N–H and O–H groups in total. The van der Waals surface area contributed by atoms with Gasteiger partial charge in [0.15, 0.2) is 0 Å². The van der Waals surface area contributed by atoms with Gasteiger partial charge in [0.05, 0.1) is 4.83 Å². The fourth-order valence-corrected chi connectivity index (χ4v) is 2.00. The first kappa shape index (κ1) is 12.1. The molecule has 1 saturated heterocycles. The molecule has 2 amide bonds. The van der Waals surface area contributed by atoms with Gasteiger partial charge in [-0.15, -0.1) is 0 Å². The molecule has 0 aromatic heterocycles. The molecule has 5 heteroatoms. The number of rotatable bonds is 2. The lowest BCUT2D eigenvalue weighted by atomic mass is 10.1. The summed E-state index contributed by atoms with van der Waals surface area (Å²) in [6.45, 7) is 1.91. The van der Waals surface area contributed by atoms with Crippen LogP contribution in [-0.2, 0) is 9.53 Å². The second kappa shape index (κ2) is 4.87. The van der Waals surface area contributed by atoms with E-state index in [0.29, 0.717) is 0 Å². The molecule has 17 heavy (non-hydrogen) atoms. The van der Waals surface area contributed by atoms with Crippen molar-refractivity contribution in [2.75, 3.05) is 6.61 Å². The summed E-state index contributed by atoms with van der Waals surface area (Å²) in [5, 5.41) is 0. The Bertz CT molecular complexity index is 433. The minimum Gasteiger partial charge on any atom is -0.446 e. The SMILES string of the molecule is CC(Br)C(=O)N1C(=O)OC[C@@H]1c1ccccc1. The Labute approximate surface area is 108 Å². The molecular weight excluding hydrogens is 286 g/mol. The molecule has 1 heterocycles. The highest BCUT2D eigenvalue weighted by atomic mass is 79.9. The Morgan fingerprint density at radius 2 is 2.12 bits per heavy atom. The van der Waals surface area contributed by atoms with E-state index in [1.165, 1.54) is 4.90 Å². The molecule has 1 unspecified atom stereocenters. The third kappa shape index (κ3) is 2.34. The van der Waals surface area contributed by atoms with Gasteiger partial charge in [-0.25, -0.2) is 9.69 Å². The highest BCUT2D eigenvalue weighted by Crippen LogP contribution is 2.28. The van der Waals surface area contributed by atoms with E-state index in [1.54, 1.807) is 6.92 Å². The van der Waals surface area contributed by atoms with Crippen molar-refractivity contribution in [3.05, 3.63) is 35.9 Å². The number of hydrogen-bond acceptors (Lipinski definition) is 3. The standard InChI is InChI=1S/C12H12BrNO3/c1-8(13)11(15)14-10(7-17-12(14)16)9-5-3-2-4-6-9/h2-6,8,10H,7H2,1H3/t8?,10-/m1/s1. The van der Waals surface area contributed by atoms with Crippen molar-refractivity contribution in [1.29, 1.82) is 0 Å². The number of alkyl halides is 1. The van der Waals surface area contributed by atoms with Crippen LogP contribution in [0.4, 0.5) is 4.79 Å². The summed E-state index contributed by atoms with van der Waals surface area (Å²) in [7, 11) is 0. The zero-order valence-electron chi connectivity index (χ0n) is 9.30. The van der Waals surface area contributed by atoms with Gasteiger partial charge in [0.1, 0.15) is 12.6 Å². The molecule has 90 valence electrons. The van der Waals surface area contributed by atoms with Gasteiger partial charge in [0, 0.05) is 0 Å². The maximum atomic E-state index is 11.9. The van der Waals surface area contributed by atoms with Crippen LogP contribution in [0, 0.1) is 0 Å². The van der Waals surface area contributed by atoms with Crippen LogP contribution in [0.1, 0.15) is 18.5 Å². The third-order valence-corrected chi connectivity index (χ3v) is 3.03.